The Kier molecular flexibility index (Phi) is 5.49. The van der Waals surface area contributed by atoms with Crippen LogP contribution in [0.3, 0.4) is 0 Å². The SMILES string of the molecule is CC(=O)Nc1ccc(-c2csc(NC(=O)c3cc4c(C)nn(-c5ccccc5)c4s3)n2)cc1. The number of benzene rings is 2. The van der Waals surface area contributed by atoms with Crippen molar-refractivity contribution in [2.24, 2.45) is 0 Å². The summed E-state index contributed by atoms with van der Waals surface area (Å²) < 4.78 is 1.87. The number of aromatic nitrogens is 3. The van der Waals surface area contributed by atoms with Gasteiger partial charge in [-0.25, -0.2) is 9.67 Å². The topological polar surface area (TPSA) is 88.9 Å². The summed E-state index contributed by atoms with van der Waals surface area (Å²) in [5, 5.41) is 13.7. The van der Waals surface area contributed by atoms with Gasteiger partial charge < -0.3 is 5.32 Å². The maximum atomic E-state index is 12.9. The molecule has 0 bridgehead atoms. The number of aryl methyl sites for hydroxylation is 1. The second-order valence-corrected chi connectivity index (χ2v) is 9.30. The van der Waals surface area contributed by atoms with Gasteiger partial charge in [-0.2, -0.15) is 5.10 Å². The lowest BCUT2D eigenvalue weighted by Gasteiger charge is -2.03. The van der Waals surface area contributed by atoms with Crippen molar-refractivity contribution in [3.8, 4) is 16.9 Å². The fourth-order valence-corrected chi connectivity index (χ4v) is 5.25. The van der Waals surface area contributed by atoms with Crippen molar-refractivity contribution < 1.29 is 9.59 Å². The van der Waals surface area contributed by atoms with E-state index in [1.54, 1.807) is 0 Å². The molecule has 9 heteroatoms. The number of hydrogen-bond acceptors (Lipinski definition) is 6. The summed E-state index contributed by atoms with van der Waals surface area (Å²) in [5.41, 5.74) is 4.23. The fourth-order valence-electron chi connectivity index (χ4n) is 3.45. The molecule has 2 N–H and O–H groups in total. The van der Waals surface area contributed by atoms with Crippen molar-refractivity contribution in [1.82, 2.24) is 14.8 Å². The highest BCUT2D eigenvalue weighted by Gasteiger charge is 2.18. The maximum Gasteiger partial charge on any atom is 0.267 e. The van der Waals surface area contributed by atoms with Gasteiger partial charge in [-0.1, -0.05) is 30.3 Å². The van der Waals surface area contributed by atoms with Crippen LogP contribution in [0, 0.1) is 6.92 Å². The molecule has 0 aliphatic rings. The zero-order valence-electron chi connectivity index (χ0n) is 17.8. The van der Waals surface area contributed by atoms with E-state index in [1.165, 1.54) is 29.6 Å². The van der Waals surface area contributed by atoms with E-state index < -0.39 is 0 Å². The molecule has 0 atom stereocenters. The lowest BCUT2D eigenvalue weighted by atomic mass is 10.1. The van der Waals surface area contributed by atoms with Gasteiger partial charge in [0, 0.05) is 28.9 Å². The second-order valence-electron chi connectivity index (χ2n) is 7.41. The van der Waals surface area contributed by atoms with E-state index >= 15 is 0 Å². The number of carbonyl (C=O) groups is 2. The van der Waals surface area contributed by atoms with E-state index in [4.69, 9.17) is 0 Å². The summed E-state index contributed by atoms with van der Waals surface area (Å²) in [5.74, 6) is -0.313. The minimum absolute atomic E-state index is 0.116. The standard InChI is InChI=1S/C24H19N5O2S2/c1-14-19-12-21(33-23(19)29(28-14)18-6-4-3-5-7-18)22(31)27-24-26-20(13-32-24)16-8-10-17(11-9-16)25-15(2)30/h3-13H,1-2H3,(H,25,30)(H,26,27,31). The number of nitrogens with one attached hydrogen (secondary N) is 2. The number of hydrogen-bond donors (Lipinski definition) is 2. The van der Waals surface area contributed by atoms with Crippen molar-refractivity contribution in [3.63, 3.8) is 0 Å². The third kappa shape index (κ3) is 4.28. The molecule has 0 spiro atoms. The Morgan fingerprint density at radius 1 is 1.00 bits per heavy atom. The Morgan fingerprint density at radius 2 is 1.76 bits per heavy atom. The van der Waals surface area contributed by atoms with Crippen LogP contribution in [0.1, 0.15) is 22.3 Å². The largest absolute Gasteiger partial charge is 0.326 e. The molecular formula is C24H19N5O2S2. The molecule has 0 aliphatic heterocycles. The molecule has 164 valence electrons. The zero-order chi connectivity index (χ0) is 22.9. The first kappa shape index (κ1) is 21.0. The summed E-state index contributed by atoms with van der Waals surface area (Å²) in [7, 11) is 0. The molecule has 7 nitrogen and oxygen atoms in total. The van der Waals surface area contributed by atoms with E-state index in [0.717, 1.165) is 38.5 Å². The van der Waals surface area contributed by atoms with Gasteiger partial charge in [0.1, 0.15) is 4.83 Å². The van der Waals surface area contributed by atoms with Gasteiger partial charge in [-0.15, -0.1) is 22.7 Å². The van der Waals surface area contributed by atoms with Crippen molar-refractivity contribution in [2.45, 2.75) is 13.8 Å². The number of carbonyl (C=O) groups excluding carboxylic acids is 2. The summed E-state index contributed by atoms with van der Waals surface area (Å²) in [6.45, 7) is 3.42. The Balaban J connectivity index is 1.35. The average molecular weight is 474 g/mol. The molecule has 3 aromatic heterocycles. The first-order valence-electron chi connectivity index (χ1n) is 10.2. The fraction of sp³-hybridized carbons (Fsp3) is 0.0833. The second kappa shape index (κ2) is 8.61. The number of thiophene rings is 1. The molecular weight excluding hydrogens is 454 g/mol. The predicted molar refractivity (Wildman–Crippen MR) is 133 cm³/mol. The van der Waals surface area contributed by atoms with Crippen molar-refractivity contribution in [1.29, 1.82) is 0 Å². The summed E-state index contributed by atoms with van der Waals surface area (Å²) in [4.78, 5) is 30.2. The van der Waals surface area contributed by atoms with Crippen LogP contribution in [-0.4, -0.2) is 26.6 Å². The average Bonchev–Trinajstić information content (AvgIpc) is 3.52. The monoisotopic (exact) mass is 473 g/mol. The highest BCUT2D eigenvalue weighted by atomic mass is 32.1. The number of nitrogens with zero attached hydrogens (tertiary/aromatic N) is 3. The number of amides is 2. The van der Waals surface area contributed by atoms with E-state index in [1.807, 2.05) is 77.6 Å². The molecule has 5 rings (SSSR count). The Bertz CT molecular complexity index is 1470. The number of fused-ring (bicyclic) bond motifs is 1. The molecule has 33 heavy (non-hydrogen) atoms. The zero-order valence-corrected chi connectivity index (χ0v) is 19.5. The van der Waals surface area contributed by atoms with Gasteiger partial charge in [-0.05, 0) is 37.3 Å². The molecule has 0 fully saturated rings. The van der Waals surface area contributed by atoms with Gasteiger partial charge in [0.2, 0.25) is 5.91 Å². The minimum Gasteiger partial charge on any atom is -0.326 e. The van der Waals surface area contributed by atoms with Crippen LogP contribution < -0.4 is 10.6 Å². The minimum atomic E-state index is -0.197. The first-order valence-corrected chi connectivity index (χ1v) is 11.9. The summed E-state index contributed by atoms with van der Waals surface area (Å²) in [6.07, 6.45) is 0. The van der Waals surface area contributed by atoms with E-state index in [-0.39, 0.29) is 11.8 Å². The first-order chi connectivity index (χ1) is 16.0. The summed E-state index contributed by atoms with van der Waals surface area (Å²) >= 11 is 2.78. The van der Waals surface area contributed by atoms with Crippen molar-refractivity contribution in [3.05, 3.63) is 76.6 Å². The Hall–Kier alpha value is -3.82. The number of thiazole rings is 1. The molecule has 0 saturated heterocycles. The van der Waals surface area contributed by atoms with Crippen LogP contribution in [0.25, 0.3) is 27.2 Å². The molecule has 0 aliphatic carbocycles. The van der Waals surface area contributed by atoms with Gasteiger partial charge in [0.15, 0.2) is 5.13 Å². The van der Waals surface area contributed by atoms with E-state index in [9.17, 15) is 9.59 Å². The van der Waals surface area contributed by atoms with Crippen LogP contribution in [0.15, 0.2) is 66.0 Å². The third-order valence-corrected chi connectivity index (χ3v) is 6.86. The normalized spacial score (nSPS) is 11.0. The molecule has 5 aromatic rings. The van der Waals surface area contributed by atoms with Crippen molar-refractivity contribution >= 4 is 55.5 Å². The van der Waals surface area contributed by atoms with Gasteiger partial charge in [-0.3, -0.25) is 14.9 Å². The van der Waals surface area contributed by atoms with Crippen molar-refractivity contribution in [2.75, 3.05) is 10.6 Å². The molecule has 2 aromatic carbocycles. The smallest absolute Gasteiger partial charge is 0.267 e. The highest BCUT2D eigenvalue weighted by Crippen LogP contribution is 2.32. The van der Waals surface area contributed by atoms with E-state index in [0.29, 0.717) is 10.0 Å². The van der Waals surface area contributed by atoms with Crippen LogP contribution >= 0.6 is 22.7 Å². The van der Waals surface area contributed by atoms with Gasteiger partial charge >= 0.3 is 0 Å². The lowest BCUT2D eigenvalue weighted by Crippen LogP contribution is -2.09. The van der Waals surface area contributed by atoms with Crippen LogP contribution in [0.4, 0.5) is 10.8 Å². The molecule has 2 amide bonds. The highest BCUT2D eigenvalue weighted by molar-refractivity contribution is 7.20. The molecule has 0 saturated carbocycles. The molecule has 0 unspecified atom stereocenters. The third-order valence-electron chi connectivity index (χ3n) is 4.99. The van der Waals surface area contributed by atoms with Crippen LogP contribution in [-0.2, 0) is 4.79 Å². The van der Waals surface area contributed by atoms with Gasteiger partial charge in [0.05, 0.1) is 22.0 Å². The molecule has 0 radical (unpaired) electrons. The Morgan fingerprint density at radius 3 is 2.48 bits per heavy atom. The number of anilines is 2. The number of rotatable bonds is 5. The Labute approximate surface area is 197 Å². The number of para-hydroxylation sites is 1. The predicted octanol–water partition coefficient (Wildman–Crippen LogP) is 5.73. The van der Waals surface area contributed by atoms with Crippen LogP contribution in [0.2, 0.25) is 0 Å². The summed E-state index contributed by atoms with van der Waals surface area (Å²) in [6, 6.07) is 19.2. The molecule has 3 heterocycles. The van der Waals surface area contributed by atoms with Gasteiger partial charge in [0.25, 0.3) is 5.91 Å². The van der Waals surface area contributed by atoms with Crippen LogP contribution in [0.5, 0.6) is 0 Å². The lowest BCUT2D eigenvalue weighted by molar-refractivity contribution is -0.114. The quantitative estimate of drug-likeness (QED) is 0.341. The van der Waals surface area contributed by atoms with E-state index in [2.05, 4.69) is 20.7 Å². The maximum absolute atomic E-state index is 12.9.